The fourth-order valence-corrected chi connectivity index (χ4v) is 2.15. The summed E-state index contributed by atoms with van der Waals surface area (Å²) in [6, 6.07) is 7.05. The molecule has 0 aliphatic carbocycles. The highest BCUT2D eigenvalue weighted by Gasteiger charge is 2.20. The smallest absolute Gasteiger partial charge is 0.227 e. The Kier molecular flexibility index (Phi) is 7.33. The molecule has 0 spiro atoms. The molecule has 1 aromatic carbocycles. The third-order valence-electron chi connectivity index (χ3n) is 3.16. The molecular formula is C14H20ClFN2O2. The van der Waals surface area contributed by atoms with Crippen LogP contribution in [0.5, 0.6) is 5.75 Å². The summed E-state index contributed by atoms with van der Waals surface area (Å²) in [4.78, 5) is 12.1. The van der Waals surface area contributed by atoms with E-state index in [4.69, 9.17) is 4.74 Å². The zero-order chi connectivity index (χ0) is 13.5. The average Bonchev–Trinajstić information content (AvgIpc) is 2.46. The molecule has 0 bridgehead atoms. The topological polar surface area (TPSA) is 50.4 Å². The quantitative estimate of drug-likeness (QED) is 0.878. The Morgan fingerprint density at radius 3 is 2.85 bits per heavy atom. The van der Waals surface area contributed by atoms with Gasteiger partial charge in [0.05, 0.1) is 0 Å². The summed E-state index contributed by atoms with van der Waals surface area (Å²) in [5.41, 5.74) is 0.694. The fraction of sp³-hybridized carbons (Fsp3) is 0.500. The van der Waals surface area contributed by atoms with E-state index in [2.05, 4.69) is 10.6 Å². The number of nitrogens with one attached hydrogen (secondary N) is 2. The first kappa shape index (κ1) is 16.7. The summed E-state index contributed by atoms with van der Waals surface area (Å²) in [5.74, 6) is 0.682. The lowest BCUT2D eigenvalue weighted by molar-refractivity contribution is -0.120. The van der Waals surface area contributed by atoms with E-state index in [9.17, 15) is 9.18 Å². The van der Waals surface area contributed by atoms with E-state index >= 15 is 0 Å². The van der Waals surface area contributed by atoms with E-state index in [1.807, 2.05) is 0 Å². The van der Waals surface area contributed by atoms with Gasteiger partial charge < -0.3 is 15.4 Å². The highest BCUT2D eigenvalue weighted by atomic mass is 35.5. The molecule has 6 heteroatoms. The second kappa shape index (κ2) is 8.76. The lowest BCUT2D eigenvalue weighted by Crippen LogP contribution is -2.34. The van der Waals surface area contributed by atoms with Crippen LogP contribution < -0.4 is 15.4 Å². The van der Waals surface area contributed by atoms with Gasteiger partial charge in [-0.05, 0) is 38.1 Å². The molecule has 2 rings (SSSR count). The van der Waals surface area contributed by atoms with Crippen molar-refractivity contribution >= 4 is 24.0 Å². The number of hydrogen-bond donors (Lipinski definition) is 2. The number of alkyl halides is 1. The Labute approximate surface area is 124 Å². The number of rotatable bonds is 5. The van der Waals surface area contributed by atoms with Gasteiger partial charge in [-0.2, -0.15) is 0 Å². The van der Waals surface area contributed by atoms with E-state index < -0.39 is 6.67 Å². The van der Waals surface area contributed by atoms with Crippen LogP contribution in [0, 0.1) is 5.92 Å². The Bertz CT molecular complexity index is 425. The lowest BCUT2D eigenvalue weighted by Gasteiger charge is -2.21. The number of carbonyl (C=O) groups excluding carboxylic acids is 1. The highest BCUT2D eigenvalue weighted by Crippen LogP contribution is 2.20. The maximum absolute atomic E-state index is 12.1. The first-order chi connectivity index (χ1) is 9.29. The number of benzene rings is 1. The second-order valence-corrected chi connectivity index (χ2v) is 4.58. The SMILES string of the molecule is Cl.O=C(Nc1cccc(OCCF)c1)C1CCNCC1. The van der Waals surface area contributed by atoms with Gasteiger partial charge in [0.25, 0.3) is 0 Å². The normalized spacial score (nSPS) is 15.2. The number of halogens is 2. The second-order valence-electron chi connectivity index (χ2n) is 4.58. The molecular weight excluding hydrogens is 283 g/mol. The van der Waals surface area contributed by atoms with Crippen LogP contribution in [-0.4, -0.2) is 32.3 Å². The molecule has 0 aromatic heterocycles. The molecule has 2 N–H and O–H groups in total. The Morgan fingerprint density at radius 2 is 2.15 bits per heavy atom. The lowest BCUT2D eigenvalue weighted by atomic mass is 9.97. The highest BCUT2D eigenvalue weighted by molar-refractivity contribution is 5.92. The van der Waals surface area contributed by atoms with Crippen LogP contribution in [0.1, 0.15) is 12.8 Å². The van der Waals surface area contributed by atoms with Crippen molar-refractivity contribution in [1.82, 2.24) is 5.32 Å². The molecule has 0 unspecified atom stereocenters. The van der Waals surface area contributed by atoms with Gasteiger partial charge in [0.1, 0.15) is 19.0 Å². The first-order valence-corrected chi connectivity index (χ1v) is 6.60. The van der Waals surface area contributed by atoms with Crippen molar-refractivity contribution in [3.05, 3.63) is 24.3 Å². The van der Waals surface area contributed by atoms with Crippen molar-refractivity contribution in [2.75, 3.05) is 31.7 Å². The van der Waals surface area contributed by atoms with Gasteiger partial charge in [-0.25, -0.2) is 4.39 Å². The molecule has 1 amide bonds. The molecule has 1 heterocycles. The number of piperidine rings is 1. The Balaban J connectivity index is 0.00000200. The minimum absolute atomic E-state index is 0. The summed E-state index contributed by atoms with van der Waals surface area (Å²) in [6.07, 6.45) is 1.73. The van der Waals surface area contributed by atoms with E-state index in [0.717, 1.165) is 25.9 Å². The molecule has 0 radical (unpaired) electrons. The summed E-state index contributed by atoms with van der Waals surface area (Å²) < 4.78 is 17.2. The minimum Gasteiger partial charge on any atom is -0.491 e. The summed E-state index contributed by atoms with van der Waals surface area (Å²) in [5, 5.41) is 6.12. The minimum atomic E-state index is -0.522. The molecule has 0 atom stereocenters. The van der Waals surface area contributed by atoms with Crippen molar-refractivity contribution in [3.63, 3.8) is 0 Å². The van der Waals surface area contributed by atoms with Crippen LogP contribution in [0.3, 0.4) is 0 Å². The van der Waals surface area contributed by atoms with Gasteiger partial charge in [-0.15, -0.1) is 12.4 Å². The van der Waals surface area contributed by atoms with Gasteiger partial charge >= 0.3 is 0 Å². The number of amides is 1. The van der Waals surface area contributed by atoms with Crippen LogP contribution >= 0.6 is 12.4 Å². The van der Waals surface area contributed by atoms with E-state index in [1.54, 1.807) is 24.3 Å². The average molecular weight is 303 g/mol. The number of anilines is 1. The van der Waals surface area contributed by atoms with Crippen molar-refractivity contribution < 1.29 is 13.9 Å². The van der Waals surface area contributed by atoms with Gasteiger partial charge in [-0.1, -0.05) is 6.07 Å². The fourth-order valence-electron chi connectivity index (χ4n) is 2.15. The number of ether oxygens (including phenoxy) is 1. The molecule has 4 nitrogen and oxygen atoms in total. The van der Waals surface area contributed by atoms with Crippen LogP contribution in [0.2, 0.25) is 0 Å². The first-order valence-electron chi connectivity index (χ1n) is 6.60. The largest absolute Gasteiger partial charge is 0.491 e. The molecule has 20 heavy (non-hydrogen) atoms. The molecule has 0 saturated carbocycles. The van der Waals surface area contributed by atoms with Gasteiger partial charge in [0.2, 0.25) is 5.91 Å². The van der Waals surface area contributed by atoms with E-state index in [0.29, 0.717) is 11.4 Å². The van der Waals surface area contributed by atoms with Crippen LogP contribution in [0.25, 0.3) is 0 Å². The molecule has 1 fully saturated rings. The van der Waals surface area contributed by atoms with E-state index in [-0.39, 0.29) is 30.8 Å². The standard InChI is InChI=1S/C14H19FN2O2.ClH/c15-6-9-19-13-3-1-2-12(10-13)17-14(18)11-4-7-16-8-5-11;/h1-3,10-11,16H,4-9H2,(H,17,18);1H. The summed E-state index contributed by atoms with van der Waals surface area (Å²) in [6.45, 7) is 1.28. The third-order valence-corrected chi connectivity index (χ3v) is 3.16. The predicted molar refractivity (Wildman–Crippen MR) is 79.4 cm³/mol. The Hall–Kier alpha value is -1.33. The van der Waals surface area contributed by atoms with Crippen molar-refractivity contribution in [2.45, 2.75) is 12.8 Å². The number of carbonyl (C=O) groups is 1. The number of hydrogen-bond acceptors (Lipinski definition) is 3. The van der Waals surface area contributed by atoms with Crippen LogP contribution in [-0.2, 0) is 4.79 Å². The molecule has 112 valence electrons. The molecule has 1 aliphatic rings. The van der Waals surface area contributed by atoms with Crippen molar-refractivity contribution in [3.8, 4) is 5.75 Å². The zero-order valence-corrected chi connectivity index (χ0v) is 12.0. The van der Waals surface area contributed by atoms with Gasteiger partial charge in [0, 0.05) is 17.7 Å². The maximum atomic E-state index is 12.1. The van der Waals surface area contributed by atoms with Crippen LogP contribution in [0.4, 0.5) is 10.1 Å². The van der Waals surface area contributed by atoms with Crippen molar-refractivity contribution in [1.29, 1.82) is 0 Å². The maximum Gasteiger partial charge on any atom is 0.227 e. The predicted octanol–water partition coefficient (Wildman–Crippen LogP) is 2.39. The van der Waals surface area contributed by atoms with E-state index in [1.165, 1.54) is 0 Å². The zero-order valence-electron chi connectivity index (χ0n) is 11.2. The molecule has 1 aromatic rings. The molecule has 1 aliphatic heterocycles. The van der Waals surface area contributed by atoms with Crippen molar-refractivity contribution in [2.24, 2.45) is 5.92 Å². The summed E-state index contributed by atoms with van der Waals surface area (Å²) >= 11 is 0. The Morgan fingerprint density at radius 1 is 1.40 bits per heavy atom. The van der Waals surface area contributed by atoms with Gasteiger partial charge in [-0.3, -0.25) is 4.79 Å². The summed E-state index contributed by atoms with van der Waals surface area (Å²) in [7, 11) is 0. The van der Waals surface area contributed by atoms with Gasteiger partial charge in [0.15, 0.2) is 0 Å². The van der Waals surface area contributed by atoms with Crippen LogP contribution in [0.15, 0.2) is 24.3 Å². The monoisotopic (exact) mass is 302 g/mol. The molecule has 1 saturated heterocycles. The third kappa shape index (κ3) is 4.98.